The van der Waals surface area contributed by atoms with E-state index in [1.165, 1.54) is 18.4 Å². The van der Waals surface area contributed by atoms with Gasteiger partial charge in [0.25, 0.3) is 0 Å². The van der Waals surface area contributed by atoms with Crippen molar-refractivity contribution in [2.75, 3.05) is 13.1 Å². The molecule has 1 rings (SSSR count). The van der Waals surface area contributed by atoms with Crippen LogP contribution in [0.25, 0.3) is 0 Å². The standard InChI is InChI=1S/C16H26N2O2/c1-4-11-17-14(19)16(2,3)15(20)18-12-10-13-8-6-5-7-9-13/h4,8H,1,5-7,9-12H2,2-3H3,(H,17,19)(H,18,20). The average Bonchev–Trinajstić information content (AvgIpc) is 2.45. The number of allylic oxidation sites excluding steroid dienone is 1. The van der Waals surface area contributed by atoms with Gasteiger partial charge >= 0.3 is 0 Å². The van der Waals surface area contributed by atoms with E-state index >= 15 is 0 Å². The molecule has 0 radical (unpaired) electrons. The van der Waals surface area contributed by atoms with Gasteiger partial charge in [0.15, 0.2) is 0 Å². The molecule has 2 amide bonds. The van der Waals surface area contributed by atoms with Gasteiger partial charge in [0.2, 0.25) is 11.8 Å². The van der Waals surface area contributed by atoms with Crippen LogP contribution in [0.3, 0.4) is 0 Å². The monoisotopic (exact) mass is 278 g/mol. The predicted octanol–water partition coefficient (Wildman–Crippen LogP) is 2.32. The van der Waals surface area contributed by atoms with Gasteiger partial charge in [0.1, 0.15) is 5.41 Å². The van der Waals surface area contributed by atoms with Crippen LogP contribution in [0, 0.1) is 5.41 Å². The molecule has 4 nitrogen and oxygen atoms in total. The third-order valence-corrected chi connectivity index (χ3v) is 3.66. The number of rotatable bonds is 7. The maximum Gasteiger partial charge on any atom is 0.235 e. The van der Waals surface area contributed by atoms with E-state index in [4.69, 9.17) is 0 Å². The van der Waals surface area contributed by atoms with E-state index in [-0.39, 0.29) is 11.8 Å². The van der Waals surface area contributed by atoms with Crippen molar-refractivity contribution in [3.8, 4) is 0 Å². The summed E-state index contributed by atoms with van der Waals surface area (Å²) in [4.78, 5) is 24.0. The third-order valence-electron chi connectivity index (χ3n) is 3.66. The van der Waals surface area contributed by atoms with Gasteiger partial charge < -0.3 is 10.6 Å². The van der Waals surface area contributed by atoms with Crippen LogP contribution in [0.1, 0.15) is 46.0 Å². The Bertz CT molecular complexity index is 397. The molecule has 0 aromatic carbocycles. The Hall–Kier alpha value is -1.58. The summed E-state index contributed by atoms with van der Waals surface area (Å²) >= 11 is 0. The topological polar surface area (TPSA) is 58.2 Å². The normalized spacial score (nSPS) is 15.2. The van der Waals surface area contributed by atoms with Crippen molar-refractivity contribution < 1.29 is 9.59 Å². The van der Waals surface area contributed by atoms with Gasteiger partial charge in [-0.1, -0.05) is 17.7 Å². The van der Waals surface area contributed by atoms with E-state index in [1.54, 1.807) is 19.9 Å². The molecule has 0 spiro atoms. The summed E-state index contributed by atoms with van der Waals surface area (Å²) < 4.78 is 0. The SMILES string of the molecule is C=CCNC(=O)C(C)(C)C(=O)NCCC1=CCCCC1. The van der Waals surface area contributed by atoms with Crippen LogP contribution in [-0.4, -0.2) is 24.9 Å². The largest absolute Gasteiger partial charge is 0.355 e. The summed E-state index contributed by atoms with van der Waals surface area (Å²) in [6.07, 6.45) is 9.56. The summed E-state index contributed by atoms with van der Waals surface area (Å²) in [5.41, 5.74) is 0.370. The van der Waals surface area contributed by atoms with Crippen molar-refractivity contribution >= 4 is 11.8 Å². The smallest absolute Gasteiger partial charge is 0.235 e. The first kappa shape index (κ1) is 16.5. The van der Waals surface area contributed by atoms with Crippen LogP contribution in [0.15, 0.2) is 24.3 Å². The highest BCUT2D eigenvalue weighted by atomic mass is 16.2. The van der Waals surface area contributed by atoms with Gasteiger partial charge in [-0.2, -0.15) is 0 Å². The third kappa shape index (κ3) is 4.83. The van der Waals surface area contributed by atoms with Crippen molar-refractivity contribution in [3.05, 3.63) is 24.3 Å². The Morgan fingerprint density at radius 3 is 2.60 bits per heavy atom. The molecule has 0 aromatic rings. The Balaban J connectivity index is 2.38. The fourth-order valence-corrected chi connectivity index (χ4v) is 2.18. The summed E-state index contributed by atoms with van der Waals surface area (Å²) in [5, 5.41) is 5.53. The number of hydrogen-bond donors (Lipinski definition) is 2. The van der Waals surface area contributed by atoms with Gasteiger partial charge in [0.05, 0.1) is 0 Å². The number of carbonyl (C=O) groups excluding carboxylic acids is 2. The molecule has 1 aliphatic carbocycles. The molecule has 0 unspecified atom stereocenters. The lowest BCUT2D eigenvalue weighted by molar-refractivity contribution is -0.141. The molecule has 0 bridgehead atoms. The van der Waals surface area contributed by atoms with Gasteiger partial charge in [-0.05, 0) is 46.0 Å². The molecule has 20 heavy (non-hydrogen) atoms. The van der Waals surface area contributed by atoms with Crippen molar-refractivity contribution in [2.45, 2.75) is 46.0 Å². The zero-order valence-corrected chi connectivity index (χ0v) is 12.6. The number of nitrogens with one attached hydrogen (secondary N) is 2. The van der Waals surface area contributed by atoms with Crippen molar-refractivity contribution in [1.29, 1.82) is 0 Å². The summed E-state index contributed by atoms with van der Waals surface area (Å²) in [5.74, 6) is -0.498. The first-order chi connectivity index (χ1) is 9.48. The lowest BCUT2D eigenvalue weighted by Gasteiger charge is -2.22. The minimum Gasteiger partial charge on any atom is -0.355 e. The molecule has 0 fully saturated rings. The quantitative estimate of drug-likeness (QED) is 0.554. The molecular weight excluding hydrogens is 252 g/mol. The van der Waals surface area contributed by atoms with Crippen LogP contribution in [0.4, 0.5) is 0 Å². The van der Waals surface area contributed by atoms with Crippen molar-refractivity contribution in [3.63, 3.8) is 0 Å². The fourth-order valence-electron chi connectivity index (χ4n) is 2.18. The van der Waals surface area contributed by atoms with E-state index < -0.39 is 5.41 Å². The first-order valence-corrected chi connectivity index (χ1v) is 7.34. The van der Waals surface area contributed by atoms with Gasteiger partial charge in [-0.15, -0.1) is 6.58 Å². The van der Waals surface area contributed by atoms with E-state index in [0.29, 0.717) is 13.1 Å². The maximum absolute atomic E-state index is 12.1. The van der Waals surface area contributed by atoms with Crippen LogP contribution in [-0.2, 0) is 9.59 Å². The summed E-state index contributed by atoms with van der Waals surface area (Å²) in [7, 11) is 0. The second-order valence-electron chi connectivity index (χ2n) is 5.74. The number of amides is 2. The molecule has 0 aromatic heterocycles. The summed E-state index contributed by atoms with van der Waals surface area (Å²) in [6, 6.07) is 0. The zero-order chi connectivity index (χ0) is 15.0. The first-order valence-electron chi connectivity index (χ1n) is 7.34. The molecule has 1 aliphatic rings. The van der Waals surface area contributed by atoms with E-state index in [2.05, 4.69) is 23.3 Å². The molecular formula is C16H26N2O2. The second-order valence-corrected chi connectivity index (χ2v) is 5.74. The molecule has 0 atom stereocenters. The molecule has 112 valence electrons. The average molecular weight is 278 g/mol. The Kier molecular flexibility index (Phi) is 6.49. The van der Waals surface area contributed by atoms with Crippen LogP contribution < -0.4 is 10.6 Å². The molecule has 2 N–H and O–H groups in total. The second kappa shape index (κ2) is 7.88. The highest BCUT2D eigenvalue weighted by Crippen LogP contribution is 2.20. The fraction of sp³-hybridized carbons (Fsp3) is 0.625. The minimum atomic E-state index is -1.05. The highest BCUT2D eigenvalue weighted by Gasteiger charge is 2.35. The Morgan fingerprint density at radius 1 is 1.30 bits per heavy atom. The number of carbonyl (C=O) groups is 2. The van der Waals surface area contributed by atoms with E-state index in [9.17, 15) is 9.59 Å². The molecule has 4 heteroatoms. The molecule has 0 saturated heterocycles. The van der Waals surface area contributed by atoms with Gasteiger partial charge in [-0.25, -0.2) is 0 Å². The predicted molar refractivity (Wildman–Crippen MR) is 81.2 cm³/mol. The van der Waals surface area contributed by atoms with Crippen LogP contribution in [0.2, 0.25) is 0 Å². The van der Waals surface area contributed by atoms with Crippen LogP contribution >= 0.6 is 0 Å². The van der Waals surface area contributed by atoms with E-state index in [1.807, 2.05) is 0 Å². The Labute approximate surface area is 121 Å². The lowest BCUT2D eigenvalue weighted by atomic mass is 9.90. The van der Waals surface area contributed by atoms with Crippen molar-refractivity contribution in [1.82, 2.24) is 10.6 Å². The minimum absolute atomic E-state index is 0.226. The Morgan fingerprint density at radius 2 is 2.00 bits per heavy atom. The van der Waals surface area contributed by atoms with Crippen LogP contribution in [0.5, 0.6) is 0 Å². The zero-order valence-electron chi connectivity index (χ0n) is 12.6. The maximum atomic E-state index is 12.1. The summed E-state index contributed by atoms with van der Waals surface area (Å²) in [6.45, 7) is 7.80. The van der Waals surface area contributed by atoms with E-state index in [0.717, 1.165) is 19.3 Å². The van der Waals surface area contributed by atoms with Gasteiger partial charge in [-0.3, -0.25) is 9.59 Å². The molecule has 0 saturated carbocycles. The van der Waals surface area contributed by atoms with Crippen molar-refractivity contribution in [2.24, 2.45) is 5.41 Å². The highest BCUT2D eigenvalue weighted by molar-refractivity contribution is 6.04. The van der Waals surface area contributed by atoms with Gasteiger partial charge in [0, 0.05) is 13.1 Å². The molecule has 0 heterocycles. The molecule has 0 aliphatic heterocycles. The lowest BCUT2D eigenvalue weighted by Crippen LogP contribution is -2.48. The number of hydrogen-bond acceptors (Lipinski definition) is 2.